The number of fused-ring (bicyclic) bond motifs is 2. The van der Waals surface area contributed by atoms with Crippen molar-refractivity contribution < 1.29 is 13.6 Å². The zero-order valence-electron chi connectivity index (χ0n) is 22.0. The molecule has 0 radical (unpaired) electrons. The number of carbonyl (C=O) groups is 1. The highest BCUT2D eigenvalue weighted by Crippen LogP contribution is 2.29. The largest absolute Gasteiger partial charge is 0.462 e. The van der Waals surface area contributed by atoms with Gasteiger partial charge in [0.15, 0.2) is 16.6 Å². The van der Waals surface area contributed by atoms with Gasteiger partial charge < -0.3 is 19.1 Å². The average Bonchev–Trinajstić information content (AvgIpc) is 3.47. The molecule has 2 aromatic heterocycles. The predicted molar refractivity (Wildman–Crippen MR) is 154 cm³/mol. The number of rotatable bonds is 7. The molecule has 0 atom stereocenters. The van der Waals surface area contributed by atoms with Gasteiger partial charge in [0.1, 0.15) is 5.76 Å². The highest BCUT2D eigenvalue weighted by Gasteiger charge is 2.21. The summed E-state index contributed by atoms with van der Waals surface area (Å²) in [7, 11) is 0. The first kappa shape index (κ1) is 24.9. The monoisotopic (exact) mass is 521 g/mol. The third-order valence-corrected chi connectivity index (χ3v) is 7.53. The lowest BCUT2D eigenvalue weighted by atomic mass is 10.0. The van der Waals surface area contributed by atoms with Crippen LogP contribution in [0.2, 0.25) is 0 Å². The molecule has 1 aliphatic heterocycles. The smallest absolute Gasteiger partial charge is 0.255 e. The Morgan fingerprint density at radius 3 is 2.51 bits per heavy atom. The first-order valence-electron chi connectivity index (χ1n) is 13.4. The van der Waals surface area contributed by atoms with Crippen LogP contribution in [0.4, 0.5) is 5.69 Å². The Morgan fingerprint density at radius 1 is 0.897 bits per heavy atom. The van der Waals surface area contributed by atoms with E-state index >= 15 is 0 Å². The van der Waals surface area contributed by atoms with Gasteiger partial charge in [0.2, 0.25) is 0 Å². The number of benzene rings is 3. The van der Waals surface area contributed by atoms with E-state index in [0.29, 0.717) is 34.4 Å². The van der Waals surface area contributed by atoms with Crippen LogP contribution in [0.1, 0.15) is 22.3 Å². The molecule has 3 aromatic carbocycles. The van der Waals surface area contributed by atoms with Crippen molar-refractivity contribution in [1.29, 1.82) is 0 Å². The molecule has 7 heteroatoms. The Bertz CT molecular complexity index is 1680. The van der Waals surface area contributed by atoms with Crippen LogP contribution in [0.15, 0.2) is 92.7 Å². The molecule has 1 N–H and O–H groups in total. The molecule has 0 bridgehead atoms. The lowest BCUT2D eigenvalue weighted by Gasteiger charge is -2.36. The summed E-state index contributed by atoms with van der Waals surface area (Å²) in [6, 6.07) is 22.9. The van der Waals surface area contributed by atoms with E-state index in [0.717, 1.165) is 61.4 Å². The zero-order chi connectivity index (χ0) is 26.8. The average molecular weight is 522 g/mol. The third kappa shape index (κ3) is 4.93. The molecule has 0 saturated carbocycles. The summed E-state index contributed by atoms with van der Waals surface area (Å²) < 4.78 is 11.9. The molecule has 5 aromatic rings. The lowest BCUT2D eigenvalue weighted by molar-refractivity contribution is 0.0952. The number of hydrogen-bond acceptors (Lipinski definition) is 6. The van der Waals surface area contributed by atoms with Gasteiger partial charge >= 0.3 is 0 Å². The van der Waals surface area contributed by atoms with E-state index in [9.17, 15) is 9.59 Å². The third-order valence-electron chi connectivity index (χ3n) is 7.53. The molecule has 3 heterocycles. The van der Waals surface area contributed by atoms with Gasteiger partial charge in [-0.25, -0.2) is 0 Å². The van der Waals surface area contributed by atoms with Crippen LogP contribution in [-0.4, -0.2) is 50.1 Å². The maximum Gasteiger partial charge on any atom is 0.255 e. The van der Waals surface area contributed by atoms with Crippen LogP contribution in [-0.2, 0) is 0 Å². The van der Waals surface area contributed by atoms with Gasteiger partial charge in [0.25, 0.3) is 5.91 Å². The normalized spacial score (nSPS) is 14.2. The standard InChI is InChI=1S/C32H31N3O4/c1-22-28(36)25-11-6-12-26(31(25)39-29(22)23-8-3-2-4-9-23)32(37)33-15-7-16-34-17-19-35(20-18-34)27-13-5-10-24-14-21-38-30(24)27/h2-6,8-14,21H,7,15-20H2,1H3,(H,33,37). The Hall–Kier alpha value is -4.36. The number of hydrogen-bond donors (Lipinski definition) is 1. The molecule has 0 unspecified atom stereocenters. The van der Waals surface area contributed by atoms with Gasteiger partial charge in [-0.1, -0.05) is 48.5 Å². The Kier molecular flexibility index (Phi) is 6.90. The topological polar surface area (TPSA) is 78.9 Å². The lowest BCUT2D eigenvalue weighted by Crippen LogP contribution is -2.47. The van der Waals surface area contributed by atoms with Crippen molar-refractivity contribution in [3.63, 3.8) is 0 Å². The molecular weight excluding hydrogens is 490 g/mol. The summed E-state index contributed by atoms with van der Waals surface area (Å²) in [4.78, 5) is 31.0. The fourth-order valence-electron chi connectivity index (χ4n) is 5.39. The molecule has 1 aliphatic rings. The van der Waals surface area contributed by atoms with Gasteiger partial charge in [0, 0.05) is 49.2 Å². The zero-order valence-corrected chi connectivity index (χ0v) is 22.0. The molecule has 0 spiro atoms. The van der Waals surface area contributed by atoms with Gasteiger partial charge in [-0.3, -0.25) is 14.5 Å². The summed E-state index contributed by atoms with van der Waals surface area (Å²) in [6.45, 7) is 7.00. The second-order valence-corrected chi connectivity index (χ2v) is 9.99. The Morgan fingerprint density at radius 2 is 1.69 bits per heavy atom. The summed E-state index contributed by atoms with van der Waals surface area (Å²) in [5.41, 5.74) is 4.03. The van der Waals surface area contributed by atoms with Gasteiger partial charge in [0.05, 0.1) is 22.9 Å². The highest BCUT2D eigenvalue weighted by atomic mass is 16.3. The van der Waals surface area contributed by atoms with Crippen molar-refractivity contribution >= 4 is 33.5 Å². The van der Waals surface area contributed by atoms with Crippen molar-refractivity contribution in [2.45, 2.75) is 13.3 Å². The molecule has 0 aliphatic carbocycles. The van der Waals surface area contributed by atoms with Crippen LogP contribution in [0.3, 0.4) is 0 Å². The quantitative estimate of drug-likeness (QED) is 0.287. The van der Waals surface area contributed by atoms with E-state index in [1.807, 2.05) is 36.4 Å². The van der Waals surface area contributed by atoms with Crippen LogP contribution in [0.25, 0.3) is 33.3 Å². The summed E-state index contributed by atoms with van der Waals surface area (Å²) >= 11 is 0. The summed E-state index contributed by atoms with van der Waals surface area (Å²) in [5, 5.41) is 4.57. The number of nitrogens with zero attached hydrogens (tertiary/aromatic N) is 2. The van der Waals surface area contributed by atoms with E-state index in [1.54, 1.807) is 31.4 Å². The summed E-state index contributed by atoms with van der Waals surface area (Å²) in [6.07, 6.45) is 2.58. The van der Waals surface area contributed by atoms with Crippen LogP contribution in [0, 0.1) is 6.92 Å². The minimum Gasteiger partial charge on any atom is -0.462 e. The number of furan rings is 1. The Labute approximate surface area is 226 Å². The molecule has 1 saturated heterocycles. The molecule has 6 rings (SSSR count). The minimum absolute atomic E-state index is 0.118. The van der Waals surface area contributed by atoms with Crippen molar-refractivity contribution in [3.8, 4) is 11.3 Å². The van der Waals surface area contributed by atoms with Crippen LogP contribution in [0.5, 0.6) is 0 Å². The molecule has 7 nitrogen and oxygen atoms in total. The van der Waals surface area contributed by atoms with Crippen molar-refractivity contribution in [2.75, 3.05) is 44.2 Å². The molecule has 1 fully saturated rings. The fourth-order valence-corrected chi connectivity index (χ4v) is 5.39. The van der Waals surface area contributed by atoms with E-state index in [2.05, 4.69) is 33.3 Å². The van der Waals surface area contributed by atoms with Gasteiger partial charge in [-0.05, 0) is 44.2 Å². The highest BCUT2D eigenvalue weighted by molar-refractivity contribution is 6.05. The van der Waals surface area contributed by atoms with Crippen molar-refractivity contribution in [1.82, 2.24) is 10.2 Å². The Balaban J connectivity index is 1.07. The number of piperazine rings is 1. The molecule has 1 amide bonds. The number of nitrogens with one attached hydrogen (secondary N) is 1. The summed E-state index contributed by atoms with van der Waals surface area (Å²) in [5.74, 6) is 0.263. The molecular formula is C32H31N3O4. The minimum atomic E-state index is -0.233. The van der Waals surface area contributed by atoms with E-state index in [1.165, 1.54) is 0 Å². The second-order valence-electron chi connectivity index (χ2n) is 9.99. The predicted octanol–water partition coefficient (Wildman–Crippen LogP) is 5.46. The number of anilines is 1. The molecule has 198 valence electrons. The van der Waals surface area contributed by atoms with Gasteiger partial charge in [-0.2, -0.15) is 0 Å². The number of amides is 1. The van der Waals surface area contributed by atoms with Gasteiger partial charge in [-0.15, -0.1) is 0 Å². The van der Waals surface area contributed by atoms with Crippen LogP contribution >= 0.6 is 0 Å². The SMILES string of the molecule is Cc1c(-c2ccccc2)oc2c(C(=O)NCCCN3CCN(c4cccc5ccoc45)CC3)cccc2c1=O. The van der Waals surface area contributed by atoms with Crippen molar-refractivity contribution in [3.05, 3.63) is 100 Å². The fraction of sp³-hybridized carbons (Fsp3) is 0.250. The first-order valence-corrected chi connectivity index (χ1v) is 13.4. The molecule has 39 heavy (non-hydrogen) atoms. The number of carbonyl (C=O) groups excluding carboxylic acids is 1. The van der Waals surface area contributed by atoms with Crippen molar-refractivity contribution in [2.24, 2.45) is 0 Å². The van der Waals surface area contributed by atoms with E-state index < -0.39 is 0 Å². The maximum atomic E-state index is 13.1. The second kappa shape index (κ2) is 10.8. The maximum absolute atomic E-state index is 13.1. The number of para-hydroxylation sites is 2. The van der Waals surface area contributed by atoms with E-state index in [4.69, 9.17) is 8.83 Å². The van der Waals surface area contributed by atoms with E-state index in [-0.39, 0.29) is 11.3 Å². The first-order chi connectivity index (χ1) is 19.1. The van der Waals surface area contributed by atoms with Crippen LogP contribution < -0.4 is 15.6 Å².